The molecule has 0 aliphatic carbocycles. The van der Waals surface area contributed by atoms with Crippen LogP contribution in [0.15, 0.2) is 16.5 Å². The highest BCUT2D eigenvalue weighted by molar-refractivity contribution is 5.36. The minimum atomic E-state index is -0.680. The Morgan fingerprint density at radius 3 is 2.56 bits per heavy atom. The molecule has 1 atom stereocenters. The highest BCUT2D eigenvalue weighted by Crippen LogP contribution is 2.24. The molecule has 1 saturated heterocycles. The molecule has 4 nitrogen and oxygen atoms in total. The molecule has 0 saturated carbocycles. The van der Waals surface area contributed by atoms with Crippen LogP contribution >= 0.6 is 0 Å². The van der Waals surface area contributed by atoms with Gasteiger partial charge in [0, 0.05) is 25.7 Å². The van der Waals surface area contributed by atoms with Crippen molar-refractivity contribution in [3.05, 3.63) is 17.9 Å². The summed E-state index contributed by atoms with van der Waals surface area (Å²) in [6.45, 7) is 2.30. The lowest BCUT2D eigenvalue weighted by molar-refractivity contribution is 0.158. The maximum absolute atomic E-state index is 9.56. The zero-order chi connectivity index (χ0) is 11.4. The van der Waals surface area contributed by atoms with E-state index in [1.54, 1.807) is 0 Å². The second-order valence-corrected chi connectivity index (χ2v) is 4.33. The molecule has 1 aromatic rings. The molecular formula is C12H20N2O2. The normalized spacial score (nSPS) is 19.5. The van der Waals surface area contributed by atoms with Crippen LogP contribution < -0.4 is 10.6 Å². The Hall–Kier alpha value is -1.00. The van der Waals surface area contributed by atoms with Gasteiger partial charge in [-0.3, -0.25) is 0 Å². The number of nitrogens with two attached hydrogens (primary N) is 1. The molecule has 1 aromatic heterocycles. The average molecular weight is 224 g/mol. The Bertz CT molecular complexity index is 317. The topological polar surface area (TPSA) is 62.6 Å². The Kier molecular flexibility index (Phi) is 3.85. The first-order chi connectivity index (χ1) is 7.81. The maximum Gasteiger partial charge on any atom is 0.195 e. The number of anilines is 1. The third-order valence-electron chi connectivity index (χ3n) is 3.08. The first kappa shape index (κ1) is 11.5. The van der Waals surface area contributed by atoms with E-state index in [0.29, 0.717) is 5.76 Å². The van der Waals surface area contributed by atoms with Gasteiger partial charge in [-0.2, -0.15) is 0 Å². The molecule has 0 bridgehead atoms. The van der Waals surface area contributed by atoms with E-state index in [9.17, 15) is 5.11 Å². The van der Waals surface area contributed by atoms with E-state index in [2.05, 4.69) is 4.90 Å². The molecule has 0 spiro atoms. The number of hydrogen-bond acceptors (Lipinski definition) is 4. The summed E-state index contributed by atoms with van der Waals surface area (Å²) in [7, 11) is 0. The van der Waals surface area contributed by atoms with Crippen LogP contribution in [0.25, 0.3) is 0 Å². The van der Waals surface area contributed by atoms with Crippen LogP contribution in [0.3, 0.4) is 0 Å². The standard InChI is InChI=1S/C12H20N2O2/c13-9-10(15)11-5-6-12(16-11)14-7-3-1-2-4-8-14/h5-6,10,15H,1-4,7-9,13H2. The van der Waals surface area contributed by atoms with E-state index in [1.807, 2.05) is 12.1 Å². The van der Waals surface area contributed by atoms with Crippen molar-refractivity contribution in [3.63, 3.8) is 0 Å². The average Bonchev–Trinajstić information content (AvgIpc) is 2.64. The van der Waals surface area contributed by atoms with Gasteiger partial charge in [0.25, 0.3) is 0 Å². The van der Waals surface area contributed by atoms with Crippen LogP contribution in [0.4, 0.5) is 5.88 Å². The third kappa shape index (κ3) is 2.57. The summed E-state index contributed by atoms with van der Waals surface area (Å²) in [5.74, 6) is 1.44. The molecule has 1 aliphatic heterocycles. The van der Waals surface area contributed by atoms with Crippen molar-refractivity contribution < 1.29 is 9.52 Å². The molecule has 1 fully saturated rings. The van der Waals surface area contributed by atoms with Crippen molar-refractivity contribution in [3.8, 4) is 0 Å². The van der Waals surface area contributed by atoms with Crippen LogP contribution in [0.1, 0.15) is 37.5 Å². The SMILES string of the molecule is NCC(O)c1ccc(N2CCCCCC2)o1. The largest absolute Gasteiger partial charge is 0.443 e. The predicted molar refractivity (Wildman–Crippen MR) is 63.4 cm³/mol. The highest BCUT2D eigenvalue weighted by Gasteiger charge is 2.16. The van der Waals surface area contributed by atoms with Crippen LogP contribution in [-0.2, 0) is 0 Å². The molecular weight excluding hydrogens is 204 g/mol. The van der Waals surface area contributed by atoms with Crippen molar-refractivity contribution in [1.82, 2.24) is 0 Å². The quantitative estimate of drug-likeness (QED) is 0.819. The Morgan fingerprint density at radius 1 is 1.25 bits per heavy atom. The number of aliphatic hydroxyl groups is 1. The monoisotopic (exact) mass is 224 g/mol. The van der Waals surface area contributed by atoms with Crippen LogP contribution in [-0.4, -0.2) is 24.7 Å². The molecule has 4 heteroatoms. The smallest absolute Gasteiger partial charge is 0.195 e. The maximum atomic E-state index is 9.56. The number of hydrogen-bond donors (Lipinski definition) is 2. The van der Waals surface area contributed by atoms with Gasteiger partial charge >= 0.3 is 0 Å². The van der Waals surface area contributed by atoms with E-state index in [0.717, 1.165) is 19.0 Å². The summed E-state index contributed by atoms with van der Waals surface area (Å²) in [6, 6.07) is 3.75. The molecule has 3 N–H and O–H groups in total. The van der Waals surface area contributed by atoms with Crippen molar-refractivity contribution >= 4 is 5.88 Å². The van der Waals surface area contributed by atoms with Crippen molar-refractivity contribution in [2.75, 3.05) is 24.5 Å². The highest BCUT2D eigenvalue weighted by atomic mass is 16.4. The Labute approximate surface area is 96.0 Å². The van der Waals surface area contributed by atoms with Crippen LogP contribution in [0.5, 0.6) is 0 Å². The van der Waals surface area contributed by atoms with Crippen molar-refractivity contribution in [2.24, 2.45) is 5.73 Å². The summed E-state index contributed by atoms with van der Waals surface area (Å²) in [6.07, 6.45) is 4.36. The molecule has 2 rings (SSSR count). The third-order valence-corrected chi connectivity index (χ3v) is 3.08. The summed E-state index contributed by atoms with van der Waals surface area (Å²) in [5.41, 5.74) is 5.39. The van der Waals surface area contributed by atoms with Gasteiger partial charge < -0.3 is 20.2 Å². The van der Waals surface area contributed by atoms with E-state index >= 15 is 0 Å². The first-order valence-electron chi connectivity index (χ1n) is 6.04. The minimum absolute atomic E-state index is 0.201. The Balaban J connectivity index is 2.05. The van der Waals surface area contributed by atoms with E-state index < -0.39 is 6.10 Å². The molecule has 90 valence electrons. The fourth-order valence-electron chi connectivity index (χ4n) is 2.10. The van der Waals surface area contributed by atoms with Gasteiger partial charge in [0.1, 0.15) is 11.9 Å². The number of rotatable bonds is 3. The molecule has 16 heavy (non-hydrogen) atoms. The molecule has 1 unspecified atom stereocenters. The molecule has 0 aromatic carbocycles. The number of furan rings is 1. The minimum Gasteiger partial charge on any atom is -0.443 e. The van der Waals surface area contributed by atoms with Gasteiger partial charge in [-0.15, -0.1) is 0 Å². The fourth-order valence-corrected chi connectivity index (χ4v) is 2.10. The van der Waals surface area contributed by atoms with E-state index in [-0.39, 0.29) is 6.54 Å². The lowest BCUT2D eigenvalue weighted by Crippen LogP contribution is -2.23. The zero-order valence-corrected chi connectivity index (χ0v) is 9.56. The van der Waals surface area contributed by atoms with Crippen molar-refractivity contribution in [2.45, 2.75) is 31.8 Å². The van der Waals surface area contributed by atoms with Crippen LogP contribution in [0, 0.1) is 0 Å². The fraction of sp³-hybridized carbons (Fsp3) is 0.667. The zero-order valence-electron chi connectivity index (χ0n) is 9.56. The predicted octanol–water partition coefficient (Wildman–Crippen LogP) is 1.65. The molecule has 0 radical (unpaired) electrons. The van der Waals surface area contributed by atoms with Gasteiger partial charge in [-0.1, -0.05) is 12.8 Å². The van der Waals surface area contributed by atoms with Gasteiger partial charge in [0.15, 0.2) is 5.88 Å². The lowest BCUT2D eigenvalue weighted by Gasteiger charge is -2.19. The van der Waals surface area contributed by atoms with Gasteiger partial charge in [-0.25, -0.2) is 0 Å². The second-order valence-electron chi connectivity index (χ2n) is 4.33. The van der Waals surface area contributed by atoms with Crippen LogP contribution in [0.2, 0.25) is 0 Å². The van der Waals surface area contributed by atoms with Gasteiger partial charge in [-0.05, 0) is 18.9 Å². The molecule has 1 aliphatic rings. The first-order valence-corrected chi connectivity index (χ1v) is 6.04. The second kappa shape index (κ2) is 5.37. The summed E-state index contributed by atoms with van der Waals surface area (Å²) in [4.78, 5) is 2.25. The van der Waals surface area contributed by atoms with E-state index in [1.165, 1.54) is 25.7 Å². The molecule has 2 heterocycles. The van der Waals surface area contributed by atoms with Crippen molar-refractivity contribution in [1.29, 1.82) is 0 Å². The Morgan fingerprint density at radius 2 is 1.94 bits per heavy atom. The van der Waals surface area contributed by atoms with Gasteiger partial charge in [0.2, 0.25) is 0 Å². The van der Waals surface area contributed by atoms with Gasteiger partial charge in [0.05, 0.1) is 0 Å². The summed E-state index contributed by atoms with van der Waals surface area (Å²) < 4.78 is 5.63. The number of nitrogens with zero attached hydrogens (tertiary/aromatic N) is 1. The number of aliphatic hydroxyl groups excluding tert-OH is 1. The molecule has 0 amide bonds. The summed E-state index contributed by atoms with van der Waals surface area (Å²) >= 11 is 0. The van der Waals surface area contributed by atoms with E-state index in [4.69, 9.17) is 10.2 Å². The summed E-state index contributed by atoms with van der Waals surface area (Å²) in [5, 5.41) is 9.56. The lowest BCUT2D eigenvalue weighted by atomic mass is 10.2.